The molecule has 2 aromatic carbocycles. The van der Waals surface area contributed by atoms with Crippen LogP contribution < -0.4 is 10.6 Å². The third-order valence-electron chi connectivity index (χ3n) is 3.95. The number of hydrogen-bond donors (Lipinski definition) is 2. The topological polar surface area (TPSA) is 71.1 Å². The molecule has 0 aliphatic rings. The van der Waals surface area contributed by atoms with Crippen LogP contribution in [0.2, 0.25) is 5.02 Å². The SMILES string of the molecule is Cc1cccc(Cc2cnc(NC(=O)CNC(=O)c3ccc(F)cc3)s2)c1Cl. The van der Waals surface area contributed by atoms with Crippen LogP contribution >= 0.6 is 22.9 Å². The summed E-state index contributed by atoms with van der Waals surface area (Å²) in [5, 5.41) is 6.31. The maximum Gasteiger partial charge on any atom is 0.251 e. The highest BCUT2D eigenvalue weighted by atomic mass is 35.5. The van der Waals surface area contributed by atoms with Crippen molar-refractivity contribution in [3.63, 3.8) is 0 Å². The van der Waals surface area contributed by atoms with Crippen molar-refractivity contribution in [2.75, 3.05) is 11.9 Å². The molecule has 0 bridgehead atoms. The Balaban J connectivity index is 1.53. The molecule has 0 fully saturated rings. The number of rotatable bonds is 6. The molecule has 0 saturated heterocycles. The van der Waals surface area contributed by atoms with E-state index in [1.165, 1.54) is 35.6 Å². The molecule has 0 aliphatic heterocycles. The van der Waals surface area contributed by atoms with Crippen LogP contribution in [-0.2, 0) is 11.2 Å². The van der Waals surface area contributed by atoms with Crippen LogP contribution in [0.5, 0.6) is 0 Å². The Morgan fingerprint density at radius 3 is 2.68 bits per heavy atom. The van der Waals surface area contributed by atoms with E-state index < -0.39 is 17.6 Å². The van der Waals surface area contributed by atoms with Crippen LogP contribution in [0.25, 0.3) is 0 Å². The number of amides is 2. The standard InChI is InChI=1S/C20H17ClFN3O2S/c1-12-3-2-4-14(18(12)21)9-16-10-24-20(28-16)25-17(26)11-23-19(27)13-5-7-15(22)8-6-13/h2-8,10H,9,11H2,1H3,(H,23,27)(H,24,25,26). The van der Waals surface area contributed by atoms with Crippen molar-refractivity contribution in [3.05, 3.63) is 81.1 Å². The van der Waals surface area contributed by atoms with Crippen molar-refractivity contribution in [2.24, 2.45) is 0 Å². The zero-order valence-corrected chi connectivity index (χ0v) is 16.5. The average molecular weight is 418 g/mol. The first-order valence-electron chi connectivity index (χ1n) is 8.44. The molecule has 2 amide bonds. The van der Waals surface area contributed by atoms with Gasteiger partial charge in [-0.1, -0.05) is 29.8 Å². The summed E-state index contributed by atoms with van der Waals surface area (Å²) in [6, 6.07) is 10.9. The summed E-state index contributed by atoms with van der Waals surface area (Å²) >= 11 is 7.66. The number of nitrogens with one attached hydrogen (secondary N) is 2. The minimum Gasteiger partial charge on any atom is -0.343 e. The Morgan fingerprint density at radius 1 is 1.18 bits per heavy atom. The van der Waals surface area contributed by atoms with E-state index in [9.17, 15) is 14.0 Å². The second-order valence-corrected chi connectivity index (χ2v) is 7.59. The average Bonchev–Trinajstić information content (AvgIpc) is 3.11. The highest BCUT2D eigenvalue weighted by molar-refractivity contribution is 7.15. The molecule has 3 aromatic rings. The Labute approximate surface area is 170 Å². The van der Waals surface area contributed by atoms with Gasteiger partial charge >= 0.3 is 0 Å². The third kappa shape index (κ3) is 5.15. The van der Waals surface area contributed by atoms with Gasteiger partial charge < -0.3 is 10.6 Å². The number of carbonyl (C=O) groups excluding carboxylic acids is 2. The molecule has 0 unspecified atom stereocenters. The van der Waals surface area contributed by atoms with Gasteiger partial charge in [0, 0.05) is 28.1 Å². The molecule has 0 aliphatic carbocycles. The third-order valence-corrected chi connectivity index (χ3v) is 5.41. The lowest BCUT2D eigenvalue weighted by atomic mass is 10.1. The van der Waals surface area contributed by atoms with Crippen molar-refractivity contribution in [1.82, 2.24) is 10.3 Å². The molecule has 144 valence electrons. The van der Waals surface area contributed by atoms with E-state index in [1.807, 2.05) is 25.1 Å². The molecule has 2 N–H and O–H groups in total. The number of anilines is 1. The molecular formula is C20H17ClFN3O2S. The fraction of sp³-hybridized carbons (Fsp3) is 0.150. The second-order valence-electron chi connectivity index (χ2n) is 6.09. The maximum atomic E-state index is 12.9. The molecular weight excluding hydrogens is 401 g/mol. The van der Waals surface area contributed by atoms with E-state index >= 15 is 0 Å². The van der Waals surface area contributed by atoms with E-state index in [0.717, 1.165) is 21.0 Å². The predicted molar refractivity (Wildman–Crippen MR) is 108 cm³/mol. The van der Waals surface area contributed by atoms with Crippen molar-refractivity contribution < 1.29 is 14.0 Å². The van der Waals surface area contributed by atoms with Crippen LogP contribution in [0.3, 0.4) is 0 Å². The van der Waals surface area contributed by atoms with E-state index in [0.29, 0.717) is 11.6 Å². The monoisotopic (exact) mass is 417 g/mol. The van der Waals surface area contributed by atoms with Crippen LogP contribution in [0, 0.1) is 12.7 Å². The van der Waals surface area contributed by atoms with Gasteiger partial charge in [0.15, 0.2) is 5.13 Å². The Morgan fingerprint density at radius 2 is 1.93 bits per heavy atom. The molecule has 0 saturated carbocycles. The van der Waals surface area contributed by atoms with Gasteiger partial charge in [0.2, 0.25) is 5.91 Å². The number of aromatic nitrogens is 1. The van der Waals surface area contributed by atoms with Gasteiger partial charge in [-0.25, -0.2) is 9.37 Å². The zero-order valence-electron chi connectivity index (χ0n) is 15.0. The number of carbonyl (C=O) groups is 2. The number of nitrogens with zero attached hydrogens (tertiary/aromatic N) is 1. The summed E-state index contributed by atoms with van der Waals surface area (Å²) in [5.41, 5.74) is 2.28. The molecule has 0 atom stereocenters. The Kier molecular flexibility index (Phi) is 6.38. The van der Waals surface area contributed by atoms with Crippen molar-refractivity contribution in [3.8, 4) is 0 Å². The van der Waals surface area contributed by atoms with Crippen molar-refractivity contribution >= 4 is 39.9 Å². The fourth-order valence-electron chi connectivity index (χ4n) is 2.51. The first kappa shape index (κ1) is 20.0. The highest BCUT2D eigenvalue weighted by Gasteiger charge is 2.11. The highest BCUT2D eigenvalue weighted by Crippen LogP contribution is 2.26. The minimum atomic E-state index is -0.455. The van der Waals surface area contributed by atoms with E-state index in [4.69, 9.17) is 11.6 Å². The summed E-state index contributed by atoms with van der Waals surface area (Å²) in [6.07, 6.45) is 2.31. The number of thiazole rings is 1. The summed E-state index contributed by atoms with van der Waals surface area (Å²) in [7, 11) is 0. The molecule has 1 aromatic heterocycles. The van der Waals surface area contributed by atoms with Gasteiger partial charge in [-0.3, -0.25) is 9.59 Å². The molecule has 8 heteroatoms. The van der Waals surface area contributed by atoms with Crippen molar-refractivity contribution in [1.29, 1.82) is 0 Å². The van der Waals surface area contributed by atoms with Crippen molar-refractivity contribution in [2.45, 2.75) is 13.3 Å². The number of benzene rings is 2. The predicted octanol–water partition coefficient (Wildman–Crippen LogP) is 4.20. The quantitative estimate of drug-likeness (QED) is 0.631. The summed E-state index contributed by atoms with van der Waals surface area (Å²) in [6.45, 7) is 1.74. The summed E-state index contributed by atoms with van der Waals surface area (Å²) < 4.78 is 12.9. The first-order valence-corrected chi connectivity index (χ1v) is 9.64. The molecule has 5 nitrogen and oxygen atoms in total. The summed E-state index contributed by atoms with van der Waals surface area (Å²) in [4.78, 5) is 29.1. The molecule has 0 spiro atoms. The lowest BCUT2D eigenvalue weighted by Gasteiger charge is -2.05. The van der Waals surface area contributed by atoms with Gasteiger partial charge in [-0.2, -0.15) is 0 Å². The van der Waals surface area contributed by atoms with Crippen LogP contribution in [0.15, 0.2) is 48.7 Å². The fourth-order valence-corrected chi connectivity index (χ4v) is 3.55. The molecule has 0 radical (unpaired) electrons. The van der Waals surface area contributed by atoms with Crippen LogP contribution in [0.4, 0.5) is 9.52 Å². The molecule has 28 heavy (non-hydrogen) atoms. The van der Waals surface area contributed by atoms with Gasteiger partial charge in [-0.05, 0) is 42.3 Å². The van der Waals surface area contributed by atoms with E-state index in [2.05, 4.69) is 15.6 Å². The van der Waals surface area contributed by atoms with Gasteiger partial charge in [0.1, 0.15) is 5.82 Å². The molecule has 1 heterocycles. The van der Waals surface area contributed by atoms with E-state index in [-0.39, 0.29) is 12.1 Å². The number of halogens is 2. The Hall–Kier alpha value is -2.77. The minimum absolute atomic E-state index is 0.213. The molecule has 3 rings (SSSR count). The largest absolute Gasteiger partial charge is 0.343 e. The normalized spacial score (nSPS) is 10.5. The zero-order chi connectivity index (χ0) is 20.1. The lowest BCUT2D eigenvalue weighted by molar-refractivity contribution is -0.115. The van der Waals surface area contributed by atoms with Crippen LogP contribution in [0.1, 0.15) is 26.4 Å². The van der Waals surface area contributed by atoms with Gasteiger partial charge in [0.25, 0.3) is 5.91 Å². The van der Waals surface area contributed by atoms with Crippen LogP contribution in [-0.4, -0.2) is 23.3 Å². The second kappa shape index (κ2) is 8.95. The Bertz CT molecular complexity index is 1000. The number of aryl methyl sites for hydroxylation is 1. The van der Waals surface area contributed by atoms with Gasteiger partial charge in [0.05, 0.1) is 6.54 Å². The number of hydrogen-bond acceptors (Lipinski definition) is 4. The van der Waals surface area contributed by atoms with Gasteiger partial charge in [-0.15, -0.1) is 11.3 Å². The smallest absolute Gasteiger partial charge is 0.251 e. The summed E-state index contributed by atoms with van der Waals surface area (Å²) in [5.74, 6) is -1.28. The van der Waals surface area contributed by atoms with E-state index in [1.54, 1.807) is 6.20 Å². The maximum absolute atomic E-state index is 12.9. The first-order chi connectivity index (χ1) is 13.4. The lowest BCUT2D eigenvalue weighted by Crippen LogP contribution is -2.32.